The van der Waals surface area contributed by atoms with Gasteiger partial charge >= 0.3 is 0 Å². The van der Waals surface area contributed by atoms with E-state index in [-0.39, 0.29) is 0 Å². The SMILES string of the molecule is CCCCCC[P+](CCCCCC)(CCCCCC)c1ccccc1.CCOc1ccc(NC(=S)Nc2ccc(OCC)cc2)cc1. The number of hydrogen-bond donors (Lipinski definition) is 2. The summed E-state index contributed by atoms with van der Waals surface area (Å²) < 4.78 is 10.8. The lowest BCUT2D eigenvalue weighted by Crippen LogP contribution is -2.21. The highest BCUT2D eigenvalue weighted by Crippen LogP contribution is 2.59. The number of thiocarbonyl (C=S) groups is 1. The van der Waals surface area contributed by atoms with Gasteiger partial charge in [0.15, 0.2) is 5.11 Å². The maximum Gasteiger partial charge on any atom is 0.175 e. The molecule has 3 aromatic carbocycles. The van der Waals surface area contributed by atoms with Crippen molar-refractivity contribution in [2.24, 2.45) is 0 Å². The van der Waals surface area contributed by atoms with Gasteiger partial charge in [-0.05, 0) is 125 Å². The van der Waals surface area contributed by atoms with Crippen molar-refractivity contribution in [3.8, 4) is 11.5 Å². The Kier molecular flexibility index (Phi) is 21.9. The molecule has 0 saturated carbocycles. The Morgan fingerprint density at radius 1 is 0.511 bits per heavy atom. The largest absolute Gasteiger partial charge is 0.494 e. The fraction of sp³-hybridized carbons (Fsp3) is 0.537. The molecule has 0 amide bonds. The van der Waals surface area contributed by atoms with Gasteiger partial charge in [-0.15, -0.1) is 0 Å². The molecule has 0 spiro atoms. The van der Waals surface area contributed by atoms with E-state index < -0.39 is 7.26 Å². The zero-order valence-electron chi connectivity index (χ0n) is 30.2. The molecule has 260 valence electrons. The number of unbranched alkanes of at least 4 members (excludes halogenated alkanes) is 9. The summed E-state index contributed by atoms with van der Waals surface area (Å²) in [7, 11) is -0.969. The van der Waals surface area contributed by atoms with E-state index >= 15 is 0 Å². The first kappa shape index (κ1) is 40.6. The monoisotopic (exact) mass is 679 g/mol. The van der Waals surface area contributed by atoms with E-state index in [9.17, 15) is 0 Å². The minimum Gasteiger partial charge on any atom is -0.494 e. The molecular formula is C41H64N2O2PS+. The predicted octanol–water partition coefficient (Wildman–Crippen LogP) is 12.4. The van der Waals surface area contributed by atoms with Crippen LogP contribution in [-0.4, -0.2) is 36.8 Å². The number of anilines is 2. The van der Waals surface area contributed by atoms with E-state index in [1.165, 1.54) is 95.5 Å². The van der Waals surface area contributed by atoms with E-state index in [2.05, 4.69) is 61.7 Å². The second kappa shape index (κ2) is 25.4. The van der Waals surface area contributed by atoms with E-state index in [0.717, 1.165) is 22.9 Å². The second-order valence-electron chi connectivity index (χ2n) is 12.3. The van der Waals surface area contributed by atoms with Gasteiger partial charge in [0.25, 0.3) is 0 Å². The van der Waals surface area contributed by atoms with Gasteiger partial charge in [-0.3, -0.25) is 0 Å². The zero-order chi connectivity index (χ0) is 34.0. The lowest BCUT2D eigenvalue weighted by Gasteiger charge is -2.28. The van der Waals surface area contributed by atoms with Gasteiger partial charge in [-0.1, -0.05) is 77.5 Å². The van der Waals surface area contributed by atoms with Crippen LogP contribution in [0.4, 0.5) is 11.4 Å². The molecule has 0 aliphatic carbocycles. The lowest BCUT2D eigenvalue weighted by atomic mass is 10.2. The average molecular weight is 680 g/mol. The molecule has 0 heterocycles. The maximum absolute atomic E-state index is 5.40. The quantitative estimate of drug-likeness (QED) is 0.0628. The third-order valence-electron chi connectivity index (χ3n) is 8.47. The summed E-state index contributed by atoms with van der Waals surface area (Å²) in [4.78, 5) is 0. The first-order valence-electron chi connectivity index (χ1n) is 18.5. The van der Waals surface area contributed by atoms with Gasteiger partial charge in [0.1, 0.15) is 11.5 Å². The van der Waals surface area contributed by atoms with Gasteiger partial charge in [0, 0.05) is 18.6 Å². The van der Waals surface area contributed by atoms with Gasteiger partial charge in [0.2, 0.25) is 0 Å². The van der Waals surface area contributed by atoms with Gasteiger partial charge in [0.05, 0.1) is 37.0 Å². The van der Waals surface area contributed by atoms with E-state index in [0.29, 0.717) is 18.3 Å². The fourth-order valence-corrected chi connectivity index (χ4v) is 10.9. The van der Waals surface area contributed by atoms with Crippen LogP contribution in [0, 0.1) is 0 Å². The molecule has 2 N–H and O–H groups in total. The lowest BCUT2D eigenvalue weighted by molar-refractivity contribution is 0.340. The summed E-state index contributed by atoms with van der Waals surface area (Å²) in [6, 6.07) is 27.0. The summed E-state index contributed by atoms with van der Waals surface area (Å²) in [5.74, 6) is 1.69. The van der Waals surface area contributed by atoms with Crippen molar-refractivity contribution >= 4 is 41.3 Å². The van der Waals surface area contributed by atoms with Crippen LogP contribution in [0.5, 0.6) is 11.5 Å². The highest BCUT2D eigenvalue weighted by Gasteiger charge is 2.38. The van der Waals surface area contributed by atoms with Gasteiger partial charge < -0.3 is 20.1 Å². The van der Waals surface area contributed by atoms with Crippen LogP contribution >= 0.6 is 19.5 Å². The number of rotatable bonds is 22. The van der Waals surface area contributed by atoms with Crippen molar-refractivity contribution in [1.82, 2.24) is 0 Å². The van der Waals surface area contributed by atoms with Crippen molar-refractivity contribution in [3.05, 3.63) is 78.9 Å². The molecule has 0 saturated heterocycles. The minimum absolute atomic E-state index is 0.535. The van der Waals surface area contributed by atoms with Crippen LogP contribution < -0.4 is 25.4 Å². The van der Waals surface area contributed by atoms with E-state index in [1.54, 1.807) is 5.30 Å². The molecule has 0 fully saturated rings. The summed E-state index contributed by atoms with van der Waals surface area (Å²) in [6.07, 6.45) is 21.5. The molecule has 6 heteroatoms. The maximum atomic E-state index is 5.40. The van der Waals surface area contributed by atoms with Crippen LogP contribution in [0.3, 0.4) is 0 Å². The third-order valence-corrected chi connectivity index (χ3v) is 13.6. The Hall–Kier alpha value is -2.62. The van der Waals surface area contributed by atoms with Crippen LogP contribution in [-0.2, 0) is 0 Å². The number of nitrogens with one attached hydrogen (secondary N) is 2. The topological polar surface area (TPSA) is 42.5 Å². The Morgan fingerprint density at radius 2 is 0.894 bits per heavy atom. The molecule has 0 radical (unpaired) electrons. The first-order valence-corrected chi connectivity index (χ1v) is 21.2. The van der Waals surface area contributed by atoms with Crippen molar-refractivity contribution in [2.75, 3.05) is 42.3 Å². The molecule has 3 rings (SSSR count). The number of ether oxygens (including phenoxy) is 2. The number of benzene rings is 3. The third kappa shape index (κ3) is 16.9. The van der Waals surface area contributed by atoms with Crippen LogP contribution in [0.25, 0.3) is 0 Å². The minimum atomic E-state index is -0.969. The Bertz CT molecular complexity index is 1100. The Balaban J connectivity index is 0.000000329. The standard InChI is InChI=1S/C24H44P.C17H20N2O2S/c1-4-7-10-16-21-25(22-17-11-8-5-2,23-18-12-9-6-3)24-19-14-13-15-20-24;1-3-20-15-9-5-13(6-10-15)18-17(22)19-14-7-11-16(12-8-14)21-4-2/h13-15,19-20H,4-12,16-18,21-23H2,1-3H3;5-12H,3-4H2,1-2H3,(H2,18,19,22)/q+1;. The molecule has 47 heavy (non-hydrogen) atoms. The zero-order valence-corrected chi connectivity index (χ0v) is 31.9. The molecule has 4 nitrogen and oxygen atoms in total. The molecule has 0 aliphatic heterocycles. The van der Waals surface area contributed by atoms with Crippen LogP contribution in [0.15, 0.2) is 78.9 Å². The predicted molar refractivity (Wildman–Crippen MR) is 215 cm³/mol. The summed E-state index contributed by atoms with van der Waals surface area (Å²) in [5, 5.41) is 8.54. The van der Waals surface area contributed by atoms with Gasteiger partial charge in [-0.25, -0.2) is 0 Å². The van der Waals surface area contributed by atoms with Crippen molar-refractivity contribution in [3.63, 3.8) is 0 Å². The summed E-state index contributed by atoms with van der Waals surface area (Å²) >= 11 is 5.30. The molecule has 0 unspecified atom stereocenters. The highest BCUT2D eigenvalue weighted by atomic mass is 32.1. The van der Waals surface area contributed by atoms with Crippen molar-refractivity contribution < 1.29 is 9.47 Å². The fourth-order valence-electron chi connectivity index (χ4n) is 5.89. The molecule has 0 aliphatic rings. The number of hydrogen-bond acceptors (Lipinski definition) is 3. The normalized spacial score (nSPS) is 10.9. The molecule has 3 aromatic rings. The molecule has 0 aromatic heterocycles. The van der Waals surface area contributed by atoms with Gasteiger partial charge in [-0.2, -0.15) is 0 Å². The molecule has 0 bridgehead atoms. The highest BCUT2D eigenvalue weighted by molar-refractivity contribution is 7.83. The Labute approximate surface area is 294 Å². The smallest absolute Gasteiger partial charge is 0.175 e. The Morgan fingerprint density at radius 3 is 1.23 bits per heavy atom. The average Bonchev–Trinajstić information content (AvgIpc) is 3.09. The van der Waals surface area contributed by atoms with Crippen molar-refractivity contribution in [2.45, 2.75) is 112 Å². The van der Waals surface area contributed by atoms with E-state index in [4.69, 9.17) is 21.7 Å². The molecular weight excluding hydrogens is 616 g/mol. The summed E-state index contributed by atoms with van der Waals surface area (Å²) in [6.45, 7) is 12.2. The van der Waals surface area contributed by atoms with Crippen LogP contribution in [0.2, 0.25) is 0 Å². The van der Waals surface area contributed by atoms with Crippen LogP contribution in [0.1, 0.15) is 112 Å². The van der Waals surface area contributed by atoms with Crippen molar-refractivity contribution in [1.29, 1.82) is 0 Å². The second-order valence-corrected chi connectivity index (χ2v) is 16.9. The van der Waals surface area contributed by atoms with E-state index in [1.807, 2.05) is 62.4 Å². The molecule has 0 atom stereocenters. The first-order chi connectivity index (χ1) is 23.0. The summed E-state index contributed by atoms with van der Waals surface area (Å²) in [5.41, 5.74) is 1.82.